The lowest BCUT2D eigenvalue weighted by atomic mass is 9.86. The second-order valence-corrected chi connectivity index (χ2v) is 9.57. The number of amidine groups is 1. The molecular formula is C30H35N3O2. The van der Waals surface area contributed by atoms with Gasteiger partial charge in [0.2, 0.25) is 5.91 Å². The molecule has 0 aromatic heterocycles. The fourth-order valence-electron chi connectivity index (χ4n) is 4.77. The third-order valence-corrected chi connectivity index (χ3v) is 7.23. The molecule has 0 saturated carbocycles. The number of allylic oxidation sites excluding steroid dienone is 5. The number of nitrogens with two attached hydrogens (primary N) is 1. The molecule has 1 saturated heterocycles. The summed E-state index contributed by atoms with van der Waals surface area (Å²) in [5.74, 6) is 2.15. The van der Waals surface area contributed by atoms with E-state index >= 15 is 0 Å². The minimum absolute atomic E-state index is 0.0224. The molecule has 1 aliphatic heterocycles. The van der Waals surface area contributed by atoms with Crippen molar-refractivity contribution in [1.29, 1.82) is 5.41 Å². The molecule has 182 valence electrons. The molecule has 5 nitrogen and oxygen atoms in total. The highest BCUT2D eigenvalue weighted by Gasteiger charge is 2.32. The summed E-state index contributed by atoms with van der Waals surface area (Å²) in [6.45, 7) is 12.3. The van der Waals surface area contributed by atoms with Crippen LogP contribution in [0.2, 0.25) is 0 Å². The average molecular weight is 470 g/mol. The van der Waals surface area contributed by atoms with Gasteiger partial charge in [-0.1, -0.05) is 35.9 Å². The molecular weight excluding hydrogens is 434 g/mol. The van der Waals surface area contributed by atoms with E-state index in [0.29, 0.717) is 29.9 Å². The van der Waals surface area contributed by atoms with Crippen LogP contribution in [0.15, 0.2) is 53.8 Å². The summed E-state index contributed by atoms with van der Waals surface area (Å²) >= 11 is 0. The summed E-state index contributed by atoms with van der Waals surface area (Å²) in [5.41, 5.74) is 15.0. The van der Waals surface area contributed by atoms with Crippen LogP contribution < -0.4 is 10.6 Å². The summed E-state index contributed by atoms with van der Waals surface area (Å²) < 4.78 is 0. The lowest BCUT2D eigenvalue weighted by molar-refractivity contribution is 0.1000. The molecule has 0 bridgehead atoms. The number of hydrogen-bond donors (Lipinski definition) is 2. The number of nitrogens with zero attached hydrogens (tertiary/aromatic N) is 1. The minimum atomic E-state index is -0.448. The van der Waals surface area contributed by atoms with Crippen LogP contribution in [0.4, 0.5) is 5.69 Å². The van der Waals surface area contributed by atoms with Crippen molar-refractivity contribution in [2.75, 3.05) is 4.90 Å². The minimum Gasteiger partial charge on any atom is -0.366 e. The Morgan fingerprint density at radius 2 is 1.74 bits per heavy atom. The second kappa shape index (κ2) is 10.7. The van der Waals surface area contributed by atoms with Crippen molar-refractivity contribution in [2.24, 2.45) is 11.7 Å². The summed E-state index contributed by atoms with van der Waals surface area (Å²) in [6.07, 6.45) is 6.06. The summed E-state index contributed by atoms with van der Waals surface area (Å²) in [7, 11) is 0. The molecule has 0 radical (unpaired) electrons. The number of aryl methyl sites for hydroxylation is 1. The molecule has 1 atom stereocenters. The van der Waals surface area contributed by atoms with E-state index in [4.69, 9.17) is 11.1 Å². The van der Waals surface area contributed by atoms with Crippen LogP contribution in [0.3, 0.4) is 0 Å². The predicted molar refractivity (Wildman–Crippen MR) is 145 cm³/mol. The predicted octanol–water partition coefficient (Wildman–Crippen LogP) is 6.37. The molecule has 3 N–H and O–H groups in total. The first-order valence-electron chi connectivity index (χ1n) is 12.0. The molecule has 2 aromatic rings. The summed E-state index contributed by atoms with van der Waals surface area (Å²) in [6, 6.07) is 9.39. The van der Waals surface area contributed by atoms with Crippen LogP contribution in [-0.2, 0) is 4.79 Å². The van der Waals surface area contributed by atoms with E-state index in [1.165, 1.54) is 11.1 Å². The van der Waals surface area contributed by atoms with Crippen LogP contribution in [0.25, 0.3) is 5.57 Å². The first-order chi connectivity index (χ1) is 16.6. The van der Waals surface area contributed by atoms with Crippen molar-refractivity contribution in [3.63, 3.8) is 0 Å². The Bertz CT molecular complexity index is 1290. The molecule has 35 heavy (non-hydrogen) atoms. The lowest BCUT2D eigenvalue weighted by Gasteiger charge is -2.37. The Balaban J connectivity index is 1.89. The fourth-order valence-corrected chi connectivity index (χ4v) is 4.77. The number of rotatable bonds is 6. The number of primary amides is 1. The number of benzene rings is 2. The number of amides is 1. The number of hydrogen-bond acceptors (Lipinski definition) is 3. The standard InChI is InChI=1S/C30H35N3O2/c1-18(11-12-19(2)25-9-7-8-10-26(25)30(32)35)15-24-13-14-29(31)33(28(24)17-34)27-16-20(3)21(4)22(5)23(27)6/h7-12,16,24,31H,13-15H2,1-6H3,(H2,32,35)/b18-11+,19-12+,31-29?. The number of carbonyl (C=O) groups excluding carboxylic acids is 2. The third-order valence-electron chi connectivity index (χ3n) is 7.23. The van der Waals surface area contributed by atoms with Gasteiger partial charge in [-0.15, -0.1) is 0 Å². The quantitative estimate of drug-likeness (QED) is 0.381. The van der Waals surface area contributed by atoms with Gasteiger partial charge in [-0.05, 0) is 99.9 Å². The van der Waals surface area contributed by atoms with E-state index in [0.717, 1.165) is 39.9 Å². The van der Waals surface area contributed by atoms with Crippen molar-refractivity contribution < 1.29 is 9.59 Å². The van der Waals surface area contributed by atoms with E-state index in [9.17, 15) is 9.59 Å². The third kappa shape index (κ3) is 5.36. The van der Waals surface area contributed by atoms with Crippen LogP contribution in [-0.4, -0.2) is 17.7 Å². The SMILES string of the molecule is C/C(=C\C=C(/C)c1ccccc1C(N)=O)CC1CCC(=N)N(c2cc(C)c(C)c(C)c2C)C1=C=O. The van der Waals surface area contributed by atoms with Crippen LogP contribution in [0.1, 0.15) is 71.3 Å². The van der Waals surface area contributed by atoms with Crippen molar-refractivity contribution in [3.05, 3.63) is 87.1 Å². The molecule has 1 fully saturated rings. The highest BCUT2D eigenvalue weighted by molar-refractivity contribution is 6.02. The largest absolute Gasteiger partial charge is 0.366 e. The summed E-state index contributed by atoms with van der Waals surface area (Å²) in [4.78, 5) is 25.8. The van der Waals surface area contributed by atoms with Gasteiger partial charge in [0.05, 0.1) is 5.69 Å². The normalized spacial score (nSPS) is 17.0. The molecule has 1 unspecified atom stereocenters. The Labute approximate surface area is 208 Å². The highest BCUT2D eigenvalue weighted by Crippen LogP contribution is 2.38. The van der Waals surface area contributed by atoms with Crippen molar-refractivity contribution in [3.8, 4) is 0 Å². The molecule has 3 rings (SSSR count). The highest BCUT2D eigenvalue weighted by atomic mass is 16.1. The van der Waals surface area contributed by atoms with E-state index in [1.807, 2.05) is 43.0 Å². The molecule has 2 aromatic carbocycles. The maximum Gasteiger partial charge on any atom is 0.249 e. The maximum atomic E-state index is 12.2. The first-order valence-corrected chi connectivity index (χ1v) is 12.0. The molecule has 1 aliphatic rings. The van der Waals surface area contributed by atoms with Crippen LogP contribution >= 0.6 is 0 Å². The molecule has 5 heteroatoms. The van der Waals surface area contributed by atoms with Gasteiger partial charge in [0.15, 0.2) is 0 Å². The monoisotopic (exact) mass is 469 g/mol. The smallest absolute Gasteiger partial charge is 0.249 e. The Morgan fingerprint density at radius 3 is 2.37 bits per heavy atom. The number of anilines is 1. The van der Waals surface area contributed by atoms with Crippen molar-refractivity contribution in [2.45, 2.75) is 60.8 Å². The second-order valence-electron chi connectivity index (χ2n) is 9.57. The Hall–Kier alpha value is -3.69. The molecule has 0 aliphatic carbocycles. The van der Waals surface area contributed by atoms with Crippen LogP contribution in [0, 0.1) is 39.0 Å². The van der Waals surface area contributed by atoms with Gasteiger partial charge in [0.1, 0.15) is 17.5 Å². The van der Waals surface area contributed by atoms with Gasteiger partial charge < -0.3 is 5.73 Å². The molecule has 1 heterocycles. The zero-order chi connectivity index (χ0) is 25.9. The van der Waals surface area contributed by atoms with E-state index < -0.39 is 5.91 Å². The van der Waals surface area contributed by atoms with E-state index in [2.05, 4.69) is 39.7 Å². The number of piperidine rings is 1. The van der Waals surface area contributed by atoms with Gasteiger partial charge >= 0.3 is 0 Å². The molecule has 1 amide bonds. The van der Waals surface area contributed by atoms with Gasteiger partial charge in [-0.3, -0.25) is 15.1 Å². The zero-order valence-corrected chi connectivity index (χ0v) is 21.6. The summed E-state index contributed by atoms with van der Waals surface area (Å²) in [5, 5.41) is 8.63. The molecule has 0 spiro atoms. The Morgan fingerprint density at radius 1 is 1.09 bits per heavy atom. The lowest BCUT2D eigenvalue weighted by Crippen LogP contribution is -2.39. The van der Waals surface area contributed by atoms with Gasteiger partial charge in [0, 0.05) is 17.9 Å². The number of carbonyl (C=O) groups is 1. The van der Waals surface area contributed by atoms with Gasteiger partial charge in [0.25, 0.3) is 0 Å². The van der Waals surface area contributed by atoms with Gasteiger partial charge in [-0.25, -0.2) is 4.79 Å². The topological polar surface area (TPSA) is 87.2 Å². The van der Waals surface area contributed by atoms with Crippen LogP contribution in [0.5, 0.6) is 0 Å². The fraction of sp³-hybridized carbons (Fsp3) is 0.333. The Kier molecular flexibility index (Phi) is 7.93. The van der Waals surface area contributed by atoms with E-state index in [-0.39, 0.29) is 5.92 Å². The zero-order valence-electron chi connectivity index (χ0n) is 21.6. The average Bonchev–Trinajstić information content (AvgIpc) is 2.84. The van der Waals surface area contributed by atoms with Gasteiger partial charge in [-0.2, -0.15) is 0 Å². The van der Waals surface area contributed by atoms with Crippen molar-refractivity contribution in [1.82, 2.24) is 0 Å². The number of nitrogens with one attached hydrogen (secondary N) is 1. The maximum absolute atomic E-state index is 12.2. The first kappa shape index (κ1) is 25.9. The van der Waals surface area contributed by atoms with E-state index in [1.54, 1.807) is 12.1 Å². The van der Waals surface area contributed by atoms with Crippen molar-refractivity contribution >= 4 is 28.9 Å².